The third kappa shape index (κ3) is 4.43. The van der Waals surface area contributed by atoms with E-state index in [-0.39, 0.29) is 0 Å². The van der Waals surface area contributed by atoms with Gasteiger partial charge in [0.25, 0.3) is 0 Å². The molecule has 3 nitrogen and oxygen atoms in total. The maximum atomic E-state index is 3.74. The van der Waals surface area contributed by atoms with Crippen molar-refractivity contribution in [2.45, 2.75) is 70.4 Å². The van der Waals surface area contributed by atoms with Gasteiger partial charge in [-0.25, -0.2) is 0 Å². The van der Waals surface area contributed by atoms with Crippen LogP contribution in [0.3, 0.4) is 0 Å². The van der Waals surface area contributed by atoms with Gasteiger partial charge in [-0.05, 0) is 51.6 Å². The van der Waals surface area contributed by atoms with Crippen LogP contribution in [0.1, 0.15) is 58.3 Å². The van der Waals surface area contributed by atoms with Crippen LogP contribution in [0.25, 0.3) is 0 Å². The first-order valence-electron chi connectivity index (χ1n) is 9.52. The summed E-state index contributed by atoms with van der Waals surface area (Å²) in [4.78, 5) is 5.49. The molecule has 1 N–H and O–H groups in total. The molecule has 0 aromatic heterocycles. The van der Waals surface area contributed by atoms with Crippen molar-refractivity contribution >= 4 is 0 Å². The van der Waals surface area contributed by atoms with Crippen LogP contribution < -0.4 is 5.32 Å². The molecule has 2 saturated heterocycles. The highest BCUT2D eigenvalue weighted by atomic mass is 15.3. The number of nitrogens with zero attached hydrogens (tertiary/aromatic N) is 2. The summed E-state index contributed by atoms with van der Waals surface area (Å²) in [7, 11) is 0. The van der Waals surface area contributed by atoms with Gasteiger partial charge < -0.3 is 5.32 Å². The predicted molar refractivity (Wildman–Crippen MR) is 89.7 cm³/mol. The second-order valence-electron chi connectivity index (χ2n) is 7.70. The first kappa shape index (κ1) is 15.8. The number of fused-ring (bicyclic) bond motifs is 1. The van der Waals surface area contributed by atoms with Crippen molar-refractivity contribution in [1.29, 1.82) is 0 Å². The van der Waals surface area contributed by atoms with Crippen molar-refractivity contribution in [3.05, 3.63) is 0 Å². The van der Waals surface area contributed by atoms with E-state index in [2.05, 4.69) is 22.0 Å². The Labute approximate surface area is 131 Å². The molecule has 3 fully saturated rings. The standard InChI is InChI=1S/C18H35N3/c1-16-14-21-11-6-5-9-18(21)15-20(16)12-10-19-13-17-7-3-2-4-8-17/h16-19H,2-15H2,1H3. The number of nitrogens with one attached hydrogen (secondary N) is 1. The van der Waals surface area contributed by atoms with Gasteiger partial charge >= 0.3 is 0 Å². The van der Waals surface area contributed by atoms with Crippen molar-refractivity contribution < 1.29 is 0 Å². The molecule has 1 saturated carbocycles. The van der Waals surface area contributed by atoms with Gasteiger partial charge in [-0.2, -0.15) is 0 Å². The Kier molecular flexibility index (Phi) is 5.96. The Morgan fingerprint density at radius 2 is 1.76 bits per heavy atom. The summed E-state index contributed by atoms with van der Waals surface area (Å²) in [6, 6.07) is 1.60. The van der Waals surface area contributed by atoms with Crippen molar-refractivity contribution in [3.8, 4) is 0 Å². The largest absolute Gasteiger partial charge is 0.315 e. The van der Waals surface area contributed by atoms with E-state index in [1.54, 1.807) is 0 Å². The lowest BCUT2D eigenvalue weighted by Gasteiger charge is -2.47. The van der Waals surface area contributed by atoms with Crippen molar-refractivity contribution in [1.82, 2.24) is 15.1 Å². The van der Waals surface area contributed by atoms with E-state index in [0.29, 0.717) is 0 Å². The molecule has 3 heteroatoms. The van der Waals surface area contributed by atoms with E-state index in [1.807, 2.05) is 0 Å². The molecule has 2 heterocycles. The first-order chi connectivity index (χ1) is 10.3. The summed E-state index contributed by atoms with van der Waals surface area (Å²) in [6.07, 6.45) is 11.6. The van der Waals surface area contributed by atoms with E-state index < -0.39 is 0 Å². The fourth-order valence-corrected chi connectivity index (χ4v) is 4.64. The molecule has 122 valence electrons. The number of piperidine rings is 1. The third-order valence-electron chi connectivity index (χ3n) is 6.05. The van der Waals surface area contributed by atoms with Crippen molar-refractivity contribution in [2.75, 3.05) is 39.3 Å². The van der Waals surface area contributed by atoms with Gasteiger partial charge in [0.1, 0.15) is 0 Å². The van der Waals surface area contributed by atoms with Crippen LogP contribution >= 0.6 is 0 Å². The second kappa shape index (κ2) is 7.94. The minimum atomic E-state index is 0.746. The van der Waals surface area contributed by atoms with E-state index in [9.17, 15) is 0 Å². The molecule has 3 rings (SSSR count). The zero-order valence-corrected chi connectivity index (χ0v) is 14.0. The summed E-state index contributed by atoms with van der Waals surface area (Å²) < 4.78 is 0. The van der Waals surface area contributed by atoms with Crippen molar-refractivity contribution in [3.63, 3.8) is 0 Å². The molecular formula is C18H35N3. The smallest absolute Gasteiger partial charge is 0.0223 e. The van der Waals surface area contributed by atoms with Crippen LogP contribution in [0.15, 0.2) is 0 Å². The fourth-order valence-electron chi connectivity index (χ4n) is 4.64. The van der Waals surface area contributed by atoms with Gasteiger partial charge in [-0.1, -0.05) is 25.7 Å². The monoisotopic (exact) mass is 293 g/mol. The lowest BCUT2D eigenvalue weighted by molar-refractivity contribution is 0.0159. The maximum absolute atomic E-state index is 3.74. The van der Waals surface area contributed by atoms with Gasteiger partial charge in [0.15, 0.2) is 0 Å². The molecule has 0 radical (unpaired) electrons. The zero-order chi connectivity index (χ0) is 14.5. The highest BCUT2D eigenvalue weighted by Gasteiger charge is 2.32. The lowest BCUT2D eigenvalue weighted by Crippen LogP contribution is -2.59. The van der Waals surface area contributed by atoms with Crippen LogP contribution in [0.4, 0.5) is 0 Å². The summed E-state index contributed by atoms with van der Waals surface area (Å²) in [6.45, 7) is 10.1. The number of hydrogen-bond donors (Lipinski definition) is 1. The Morgan fingerprint density at radius 3 is 2.62 bits per heavy atom. The van der Waals surface area contributed by atoms with E-state index in [1.165, 1.54) is 90.6 Å². The van der Waals surface area contributed by atoms with E-state index in [4.69, 9.17) is 0 Å². The van der Waals surface area contributed by atoms with Gasteiger partial charge in [0, 0.05) is 38.3 Å². The molecule has 2 unspecified atom stereocenters. The molecule has 3 aliphatic rings. The molecule has 0 aromatic rings. The third-order valence-corrected chi connectivity index (χ3v) is 6.05. The van der Waals surface area contributed by atoms with Crippen LogP contribution in [-0.2, 0) is 0 Å². The molecular weight excluding hydrogens is 258 g/mol. The highest BCUT2D eigenvalue weighted by Crippen LogP contribution is 2.24. The SMILES string of the molecule is CC1CN2CCCCC2CN1CCNCC1CCCCC1. The minimum absolute atomic E-state index is 0.746. The van der Waals surface area contributed by atoms with E-state index >= 15 is 0 Å². The summed E-state index contributed by atoms with van der Waals surface area (Å²) in [5.74, 6) is 0.964. The quantitative estimate of drug-likeness (QED) is 0.786. The Morgan fingerprint density at radius 1 is 0.952 bits per heavy atom. The Bertz CT molecular complexity index is 301. The molecule has 21 heavy (non-hydrogen) atoms. The average Bonchev–Trinajstić information content (AvgIpc) is 2.53. The van der Waals surface area contributed by atoms with E-state index in [0.717, 1.165) is 18.0 Å². The maximum Gasteiger partial charge on any atom is 0.0223 e. The average molecular weight is 293 g/mol. The van der Waals surface area contributed by atoms with Crippen LogP contribution in [0.2, 0.25) is 0 Å². The highest BCUT2D eigenvalue weighted by molar-refractivity contribution is 4.89. The molecule has 2 atom stereocenters. The Hall–Kier alpha value is -0.120. The summed E-state index contributed by atoms with van der Waals surface area (Å²) in [5, 5.41) is 3.74. The lowest BCUT2D eigenvalue weighted by atomic mass is 9.89. The number of hydrogen-bond acceptors (Lipinski definition) is 3. The number of piperazine rings is 1. The predicted octanol–water partition coefficient (Wildman–Crippen LogP) is 2.71. The van der Waals surface area contributed by atoms with Gasteiger partial charge in [-0.15, -0.1) is 0 Å². The Balaban J connectivity index is 1.34. The topological polar surface area (TPSA) is 18.5 Å². The summed E-state index contributed by atoms with van der Waals surface area (Å²) in [5.41, 5.74) is 0. The van der Waals surface area contributed by atoms with Crippen molar-refractivity contribution in [2.24, 2.45) is 5.92 Å². The molecule has 1 aliphatic carbocycles. The van der Waals surface area contributed by atoms with Crippen LogP contribution in [0, 0.1) is 5.92 Å². The second-order valence-corrected chi connectivity index (χ2v) is 7.70. The van der Waals surface area contributed by atoms with Gasteiger partial charge in [-0.3, -0.25) is 9.80 Å². The van der Waals surface area contributed by atoms with Gasteiger partial charge in [0.05, 0.1) is 0 Å². The van der Waals surface area contributed by atoms with Crippen LogP contribution in [0.5, 0.6) is 0 Å². The molecule has 0 aromatic carbocycles. The first-order valence-corrected chi connectivity index (χ1v) is 9.52. The fraction of sp³-hybridized carbons (Fsp3) is 1.00. The molecule has 0 spiro atoms. The molecule has 2 aliphatic heterocycles. The van der Waals surface area contributed by atoms with Gasteiger partial charge in [0.2, 0.25) is 0 Å². The molecule has 0 bridgehead atoms. The van der Waals surface area contributed by atoms with Crippen LogP contribution in [-0.4, -0.2) is 61.2 Å². The number of rotatable bonds is 5. The minimum Gasteiger partial charge on any atom is -0.315 e. The summed E-state index contributed by atoms with van der Waals surface area (Å²) >= 11 is 0. The zero-order valence-electron chi connectivity index (χ0n) is 14.0. The molecule has 0 amide bonds. The normalized spacial score (nSPS) is 33.0.